The molecule has 0 aliphatic carbocycles. The Kier molecular flexibility index (Phi) is 8.25. The van der Waals surface area contributed by atoms with Crippen molar-refractivity contribution >= 4 is 63.4 Å². The number of ether oxygens (including phenoxy) is 1. The van der Waals surface area contributed by atoms with E-state index in [1.165, 1.54) is 0 Å². The topological polar surface area (TPSA) is 62.4 Å². The van der Waals surface area contributed by atoms with Crippen molar-refractivity contribution in [2.75, 3.05) is 17.7 Å². The summed E-state index contributed by atoms with van der Waals surface area (Å²) >= 11 is 17.0. The molecule has 0 atom stereocenters. The Morgan fingerprint density at radius 3 is 2.24 bits per heavy atom. The van der Waals surface area contributed by atoms with Crippen LogP contribution in [0.2, 0.25) is 5.02 Å². The Morgan fingerprint density at radius 1 is 0.941 bits per heavy atom. The van der Waals surface area contributed by atoms with E-state index in [1.807, 2.05) is 30.3 Å². The summed E-state index contributed by atoms with van der Waals surface area (Å²) in [5.41, 5.74) is 3.75. The molecule has 3 rings (SSSR count). The van der Waals surface area contributed by atoms with E-state index in [4.69, 9.17) is 40.8 Å². The van der Waals surface area contributed by atoms with Crippen LogP contribution in [0.15, 0.2) is 66.7 Å². The maximum absolute atomic E-state index is 12.6. The monoisotopic (exact) mass is 511 g/mol. The number of thiocarbonyl (C=S) groups is 2. The first-order chi connectivity index (χ1) is 16.1. The molecule has 0 saturated heterocycles. The zero-order valence-electron chi connectivity index (χ0n) is 19.4. The first-order valence-corrected chi connectivity index (χ1v) is 11.7. The van der Waals surface area contributed by atoms with Gasteiger partial charge in [0, 0.05) is 22.9 Å². The number of hydrogen-bond acceptors (Lipinski definition) is 4. The van der Waals surface area contributed by atoms with E-state index in [0.29, 0.717) is 32.7 Å². The van der Waals surface area contributed by atoms with E-state index < -0.39 is 0 Å². The lowest BCUT2D eigenvalue weighted by Gasteiger charge is -2.19. The molecule has 0 aromatic heterocycles. The number of hydrogen-bond donors (Lipinski definition) is 3. The van der Waals surface area contributed by atoms with Gasteiger partial charge in [-0.3, -0.25) is 10.1 Å². The van der Waals surface area contributed by atoms with Crippen LogP contribution >= 0.6 is 36.0 Å². The lowest BCUT2D eigenvalue weighted by Crippen LogP contribution is -2.34. The molecule has 1 amide bonds. The van der Waals surface area contributed by atoms with Crippen molar-refractivity contribution in [2.24, 2.45) is 0 Å². The van der Waals surface area contributed by atoms with Crippen molar-refractivity contribution in [1.29, 1.82) is 0 Å². The maximum Gasteiger partial charge on any atom is 0.257 e. The predicted octanol–water partition coefficient (Wildman–Crippen LogP) is 6.56. The van der Waals surface area contributed by atoms with Crippen molar-refractivity contribution in [3.8, 4) is 5.75 Å². The molecule has 0 saturated carbocycles. The van der Waals surface area contributed by atoms with Crippen LogP contribution in [0.1, 0.15) is 42.3 Å². The molecule has 3 aromatic carbocycles. The smallest absolute Gasteiger partial charge is 0.257 e. The van der Waals surface area contributed by atoms with Crippen LogP contribution < -0.4 is 20.7 Å². The third kappa shape index (κ3) is 6.53. The van der Waals surface area contributed by atoms with Gasteiger partial charge in [-0.2, -0.15) is 0 Å². The number of carbonyl (C=O) groups excluding carboxylic acids is 1. The van der Waals surface area contributed by atoms with Gasteiger partial charge in [-0.1, -0.05) is 74.9 Å². The van der Waals surface area contributed by atoms with Crippen LogP contribution in [0.3, 0.4) is 0 Å². The number of anilines is 2. The minimum absolute atomic E-state index is 0.0169. The van der Waals surface area contributed by atoms with E-state index >= 15 is 0 Å². The summed E-state index contributed by atoms with van der Waals surface area (Å²) in [7, 11) is 1.56. The standard InChI is InChI=1S/C26H26ClN3O2S2/c1-26(2,3)17-11-9-16(10-12-17)23(31)30-25(34)28-18-13-14-21(22(15-18)32-4)29-24(33)19-7-5-6-8-20(19)27/h5-15H,1-4H3,(H,29,33)(H2,28,30,31,34). The van der Waals surface area contributed by atoms with Crippen molar-refractivity contribution in [3.05, 3.63) is 88.4 Å². The Morgan fingerprint density at radius 2 is 1.62 bits per heavy atom. The molecule has 0 unspecified atom stereocenters. The van der Waals surface area contributed by atoms with E-state index in [1.54, 1.807) is 43.5 Å². The SMILES string of the molecule is COc1cc(NC(=S)NC(=O)c2ccc(C(C)(C)C)cc2)ccc1NC(=S)c1ccccc1Cl. The number of amides is 1. The lowest BCUT2D eigenvalue weighted by atomic mass is 9.87. The summed E-state index contributed by atoms with van der Waals surface area (Å²) in [6.07, 6.45) is 0. The molecule has 176 valence electrons. The molecule has 0 fully saturated rings. The molecule has 0 aliphatic heterocycles. The summed E-state index contributed by atoms with van der Waals surface area (Å²) in [5.74, 6) is 0.264. The maximum atomic E-state index is 12.6. The van der Waals surface area contributed by atoms with E-state index in [0.717, 1.165) is 11.1 Å². The number of rotatable bonds is 5. The van der Waals surface area contributed by atoms with Gasteiger partial charge >= 0.3 is 0 Å². The van der Waals surface area contributed by atoms with Gasteiger partial charge in [0.2, 0.25) is 0 Å². The molecule has 0 bridgehead atoms. The number of benzene rings is 3. The molecule has 34 heavy (non-hydrogen) atoms. The fraction of sp³-hybridized carbons (Fsp3) is 0.192. The number of methoxy groups -OCH3 is 1. The first kappa shape index (κ1) is 25.6. The first-order valence-electron chi connectivity index (χ1n) is 10.6. The minimum Gasteiger partial charge on any atom is -0.494 e. The normalized spacial score (nSPS) is 10.9. The minimum atomic E-state index is -0.284. The van der Waals surface area contributed by atoms with Gasteiger partial charge in [-0.25, -0.2) is 0 Å². The third-order valence-electron chi connectivity index (χ3n) is 5.07. The van der Waals surface area contributed by atoms with Crippen LogP contribution in [-0.2, 0) is 5.41 Å². The second-order valence-corrected chi connectivity index (χ2v) is 9.81. The highest BCUT2D eigenvalue weighted by Gasteiger charge is 2.15. The molecule has 0 radical (unpaired) electrons. The molecule has 0 heterocycles. The van der Waals surface area contributed by atoms with Crippen LogP contribution in [0.4, 0.5) is 11.4 Å². The van der Waals surface area contributed by atoms with Crippen molar-refractivity contribution in [2.45, 2.75) is 26.2 Å². The fourth-order valence-electron chi connectivity index (χ4n) is 3.17. The number of nitrogens with one attached hydrogen (secondary N) is 3. The molecule has 3 N–H and O–H groups in total. The predicted molar refractivity (Wildman–Crippen MR) is 149 cm³/mol. The average Bonchev–Trinajstić information content (AvgIpc) is 2.79. The molecule has 0 aliphatic rings. The highest BCUT2D eigenvalue weighted by Crippen LogP contribution is 2.29. The Balaban J connectivity index is 1.65. The highest BCUT2D eigenvalue weighted by molar-refractivity contribution is 7.81. The summed E-state index contributed by atoms with van der Waals surface area (Å²) in [5, 5.41) is 9.62. The molecule has 3 aromatic rings. The lowest BCUT2D eigenvalue weighted by molar-refractivity contribution is 0.0977. The van der Waals surface area contributed by atoms with Crippen LogP contribution in [-0.4, -0.2) is 23.1 Å². The average molecular weight is 512 g/mol. The van der Waals surface area contributed by atoms with Gasteiger partial charge in [0.25, 0.3) is 5.91 Å². The van der Waals surface area contributed by atoms with E-state index in [2.05, 4.69) is 36.7 Å². The summed E-state index contributed by atoms with van der Waals surface area (Å²) in [6.45, 7) is 6.38. The highest BCUT2D eigenvalue weighted by atomic mass is 35.5. The largest absolute Gasteiger partial charge is 0.494 e. The van der Waals surface area contributed by atoms with Gasteiger partial charge in [-0.15, -0.1) is 0 Å². The molecular weight excluding hydrogens is 486 g/mol. The van der Waals surface area contributed by atoms with E-state index in [-0.39, 0.29) is 16.4 Å². The Hall–Kier alpha value is -3.00. The quantitative estimate of drug-likeness (QED) is 0.337. The van der Waals surface area contributed by atoms with Gasteiger partial charge < -0.3 is 15.4 Å². The zero-order valence-corrected chi connectivity index (χ0v) is 21.8. The van der Waals surface area contributed by atoms with Gasteiger partial charge in [-0.05, 0) is 53.5 Å². The number of carbonyl (C=O) groups is 1. The van der Waals surface area contributed by atoms with E-state index in [9.17, 15) is 4.79 Å². The second-order valence-electron chi connectivity index (χ2n) is 8.58. The Labute approximate surface area is 215 Å². The van der Waals surface area contributed by atoms with Crippen LogP contribution in [0, 0.1) is 0 Å². The third-order valence-corrected chi connectivity index (χ3v) is 5.92. The van der Waals surface area contributed by atoms with Gasteiger partial charge in [0.05, 0.1) is 17.8 Å². The zero-order chi connectivity index (χ0) is 24.9. The van der Waals surface area contributed by atoms with Crippen LogP contribution in [0.25, 0.3) is 0 Å². The summed E-state index contributed by atoms with van der Waals surface area (Å²) in [4.78, 5) is 13.0. The molecular formula is C26H26ClN3O2S2. The van der Waals surface area contributed by atoms with Crippen molar-refractivity contribution < 1.29 is 9.53 Å². The fourth-order valence-corrected chi connectivity index (χ4v) is 3.95. The second kappa shape index (κ2) is 11.0. The summed E-state index contributed by atoms with van der Waals surface area (Å²) in [6, 6.07) is 20.2. The van der Waals surface area contributed by atoms with Crippen molar-refractivity contribution in [3.63, 3.8) is 0 Å². The van der Waals surface area contributed by atoms with Gasteiger partial charge in [0.1, 0.15) is 10.7 Å². The van der Waals surface area contributed by atoms with Gasteiger partial charge in [0.15, 0.2) is 5.11 Å². The Bertz CT molecular complexity index is 1220. The van der Waals surface area contributed by atoms with Crippen molar-refractivity contribution in [1.82, 2.24) is 5.32 Å². The molecule has 5 nitrogen and oxygen atoms in total. The number of halogens is 1. The van der Waals surface area contributed by atoms with Crippen LogP contribution in [0.5, 0.6) is 5.75 Å². The molecule has 8 heteroatoms. The summed E-state index contributed by atoms with van der Waals surface area (Å²) < 4.78 is 5.50. The molecule has 0 spiro atoms.